The molecular formula is C11H14O4. The Morgan fingerprint density at radius 3 is 3.07 bits per heavy atom. The molecule has 0 amide bonds. The summed E-state index contributed by atoms with van der Waals surface area (Å²) in [5, 5.41) is 19.0. The van der Waals surface area contributed by atoms with Crippen LogP contribution in [0, 0.1) is 6.92 Å². The quantitative estimate of drug-likeness (QED) is 0.777. The summed E-state index contributed by atoms with van der Waals surface area (Å²) in [5.41, 5.74) is -0.365. The van der Waals surface area contributed by atoms with Crippen molar-refractivity contribution in [3.05, 3.63) is 23.2 Å². The molecule has 0 aromatic carbocycles. The minimum atomic E-state index is -1.31. The number of carboxylic acids is 1. The molecule has 1 atom stereocenters. The van der Waals surface area contributed by atoms with Gasteiger partial charge in [-0.3, -0.25) is 4.79 Å². The fraction of sp³-hybridized carbons (Fsp3) is 0.545. The van der Waals surface area contributed by atoms with Crippen molar-refractivity contribution in [3.8, 4) is 0 Å². The summed E-state index contributed by atoms with van der Waals surface area (Å²) in [6.07, 6.45) is 1.83. The zero-order valence-corrected chi connectivity index (χ0v) is 8.62. The minimum Gasteiger partial charge on any atom is -0.481 e. The summed E-state index contributed by atoms with van der Waals surface area (Å²) in [6, 6.07) is 1.88. The first kappa shape index (κ1) is 10.2. The second-order valence-electron chi connectivity index (χ2n) is 4.17. The van der Waals surface area contributed by atoms with Gasteiger partial charge in [0.2, 0.25) is 0 Å². The summed E-state index contributed by atoms with van der Waals surface area (Å²) in [6.45, 7) is 1.81. The van der Waals surface area contributed by atoms with Gasteiger partial charge >= 0.3 is 5.97 Å². The molecule has 1 aromatic rings. The maximum Gasteiger partial charge on any atom is 0.306 e. The van der Waals surface area contributed by atoms with Crippen molar-refractivity contribution >= 4 is 5.97 Å². The van der Waals surface area contributed by atoms with E-state index in [0.717, 1.165) is 24.2 Å². The van der Waals surface area contributed by atoms with E-state index in [1.54, 1.807) is 6.92 Å². The summed E-state index contributed by atoms with van der Waals surface area (Å²) in [5.74, 6) is 0.179. The highest BCUT2D eigenvalue weighted by molar-refractivity contribution is 5.68. The second-order valence-corrected chi connectivity index (χ2v) is 4.17. The molecule has 1 aliphatic carbocycles. The number of hydrogen-bond donors (Lipinski definition) is 2. The van der Waals surface area contributed by atoms with Gasteiger partial charge in [0.15, 0.2) is 0 Å². The first-order valence-electron chi connectivity index (χ1n) is 5.05. The van der Waals surface area contributed by atoms with Gasteiger partial charge in [-0.25, -0.2) is 0 Å². The van der Waals surface area contributed by atoms with Crippen molar-refractivity contribution in [2.24, 2.45) is 0 Å². The Kier molecular flexibility index (Phi) is 2.31. The smallest absolute Gasteiger partial charge is 0.306 e. The highest BCUT2D eigenvalue weighted by Gasteiger charge is 2.39. The highest BCUT2D eigenvalue weighted by atomic mass is 16.4. The molecule has 2 N–H and O–H groups in total. The molecule has 0 radical (unpaired) electrons. The van der Waals surface area contributed by atoms with Gasteiger partial charge < -0.3 is 14.6 Å². The number of aliphatic carboxylic acids is 1. The Hall–Kier alpha value is -1.29. The molecule has 4 heteroatoms. The van der Waals surface area contributed by atoms with Gasteiger partial charge in [-0.2, -0.15) is 0 Å². The average Bonchev–Trinajstić information content (AvgIpc) is 2.45. The van der Waals surface area contributed by atoms with Crippen LogP contribution in [0.2, 0.25) is 0 Å². The average molecular weight is 210 g/mol. The predicted molar refractivity (Wildman–Crippen MR) is 52.5 cm³/mol. The zero-order chi connectivity index (χ0) is 11.1. The van der Waals surface area contributed by atoms with E-state index in [1.807, 2.05) is 6.07 Å². The molecule has 1 unspecified atom stereocenters. The molecule has 1 aliphatic rings. The molecule has 0 saturated carbocycles. The molecule has 4 nitrogen and oxygen atoms in total. The third-order valence-corrected chi connectivity index (χ3v) is 2.83. The van der Waals surface area contributed by atoms with Gasteiger partial charge in [-0.1, -0.05) is 0 Å². The maximum atomic E-state index is 10.7. The molecule has 0 bridgehead atoms. The van der Waals surface area contributed by atoms with Crippen LogP contribution >= 0.6 is 0 Å². The summed E-state index contributed by atoms with van der Waals surface area (Å²) in [7, 11) is 0. The minimum absolute atomic E-state index is 0.285. The van der Waals surface area contributed by atoms with E-state index in [2.05, 4.69) is 0 Å². The van der Waals surface area contributed by atoms with Gasteiger partial charge in [0.1, 0.15) is 17.1 Å². The van der Waals surface area contributed by atoms with E-state index in [0.29, 0.717) is 12.2 Å². The number of carboxylic acid groups (broad SMARTS) is 1. The largest absolute Gasteiger partial charge is 0.481 e. The van der Waals surface area contributed by atoms with E-state index in [-0.39, 0.29) is 6.42 Å². The van der Waals surface area contributed by atoms with E-state index < -0.39 is 11.6 Å². The predicted octanol–water partition coefficient (Wildman–Crippen LogP) is 1.59. The van der Waals surface area contributed by atoms with Gasteiger partial charge in [-0.05, 0) is 37.8 Å². The van der Waals surface area contributed by atoms with Crippen LogP contribution in [0.15, 0.2) is 10.5 Å². The summed E-state index contributed by atoms with van der Waals surface area (Å²) in [4.78, 5) is 10.7. The number of rotatable bonds is 2. The third kappa shape index (κ3) is 1.77. The van der Waals surface area contributed by atoms with E-state index in [4.69, 9.17) is 9.52 Å². The Labute approximate surface area is 87.5 Å². The number of aryl methyl sites for hydroxylation is 2. The Balaban J connectivity index is 2.39. The van der Waals surface area contributed by atoms with Crippen LogP contribution in [0.1, 0.15) is 36.3 Å². The fourth-order valence-corrected chi connectivity index (χ4v) is 2.25. The Bertz CT molecular complexity index is 393. The van der Waals surface area contributed by atoms with E-state index in [9.17, 15) is 9.90 Å². The van der Waals surface area contributed by atoms with Crippen LogP contribution in [0.25, 0.3) is 0 Å². The van der Waals surface area contributed by atoms with Crippen LogP contribution in [0.4, 0.5) is 0 Å². The molecule has 2 rings (SSSR count). The van der Waals surface area contributed by atoms with Gasteiger partial charge in [-0.15, -0.1) is 0 Å². The van der Waals surface area contributed by atoms with Gasteiger partial charge in [0.05, 0.1) is 6.42 Å². The standard InChI is InChI=1S/C11H14O4/c1-7-5-8-3-2-4-11(14,6-9(12)13)10(8)15-7/h5,14H,2-4,6H2,1H3,(H,12,13). The van der Waals surface area contributed by atoms with Crippen LogP contribution in [-0.2, 0) is 16.8 Å². The number of carbonyl (C=O) groups is 1. The van der Waals surface area contributed by atoms with Crippen LogP contribution in [0.5, 0.6) is 0 Å². The lowest BCUT2D eigenvalue weighted by Gasteiger charge is -2.29. The summed E-state index contributed by atoms with van der Waals surface area (Å²) >= 11 is 0. The van der Waals surface area contributed by atoms with Crippen molar-refractivity contribution in [2.75, 3.05) is 0 Å². The van der Waals surface area contributed by atoms with E-state index >= 15 is 0 Å². The number of fused-ring (bicyclic) bond motifs is 1. The lowest BCUT2D eigenvalue weighted by molar-refractivity contribution is -0.144. The lowest BCUT2D eigenvalue weighted by atomic mass is 9.82. The topological polar surface area (TPSA) is 70.7 Å². The van der Waals surface area contributed by atoms with Crippen LogP contribution in [0.3, 0.4) is 0 Å². The number of furan rings is 1. The summed E-state index contributed by atoms with van der Waals surface area (Å²) < 4.78 is 5.41. The molecule has 0 aliphatic heterocycles. The van der Waals surface area contributed by atoms with Gasteiger partial charge in [0, 0.05) is 0 Å². The molecule has 0 spiro atoms. The Morgan fingerprint density at radius 2 is 2.40 bits per heavy atom. The first-order chi connectivity index (χ1) is 7.01. The fourth-order valence-electron chi connectivity index (χ4n) is 2.25. The molecule has 1 heterocycles. The van der Waals surface area contributed by atoms with Gasteiger partial charge in [0.25, 0.3) is 0 Å². The van der Waals surface area contributed by atoms with Crippen molar-refractivity contribution in [1.82, 2.24) is 0 Å². The monoisotopic (exact) mass is 210 g/mol. The highest BCUT2D eigenvalue weighted by Crippen LogP contribution is 2.39. The van der Waals surface area contributed by atoms with Crippen molar-refractivity contribution < 1.29 is 19.4 Å². The van der Waals surface area contributed by atoms with Crippen LogP contribution in [-0.4, -0.2) is 16.2 Å². The molecule has 15 heavy (non-hydrogen) atoms. The maximum absolute atomic E-state index is 10.7. The second kappa shape index (κ2) is 3.38. The SMILES string of the molecule is Cc1cc2c(o1)C(O)(CC(=O)O)CCC2. The lowest BCUT2D eigenvalue weighted by Crippen LogP contribution is -2.32. The molecule has 0 saturated heterocycles. The first-order valence-corrected chi connectivity index (χ1v) is 5.05. The molecular weight excluding hydrogens is 196 g/mol. The third-order valence-electron chi connectivity index (χ3n) is 2.83. The number of aliphatic hydroxyl groups is 1. The van der Waals surface area contributed by atoms with Crippen molar-refractivity contribution in [2.45, 2.75) is 38.2 Å². The zero-order valence-electron chi connectivity index (χ0n) is 8.62. The molecule has 0 fully saturated rings. The van der Waals surface area contributed by atoms with Crippen molar-refractivity contribution in [1.29, 1.82) is 0 Å². The normalized spacial score (nSPS) is 24.9. The molecule has 82 valence electrons. The Morgan fingerprint density at radius 1 is 1.67 bits per heavy atom. The van der Waals surface area contributed by atoms with Crippen molar-refractivity contribution in [3.63, 3.8) is 0 Å². The van der Waals surface area contributed by atoms with Crippen LogP contribution < -0.4 is 0 Å². The van der Waals surface area contributed by atoms with E-state index in [1.165, 1.54) is 0 Å². The number of hydrogen-bond acceptors (Lipinski definition) is 3. The molecule has 1 aromatic heterocycles.